The Balaban J connectivity index is -0.000000110. The van der Waals surface area contributed by atoms with Crippen molar-refractivity contribution in [3.63, 3.8) is 0 Å². The van der Waals surface area contributed by atoms with Crippen molar-refractivity contribution in [2.75, 3.05) is 225 Å². The van der Waals surface area contributed by atoms with Gasteiger partial charge in [0.2, 0.25) is 0 Å². The quantitative estimate of drug-likeness (QED) is 0.0438. The number of hydrogen-bond donors (Lipinski definition) is 3. The zero-order valence-electron chi connectivity index (χ0n) is 63.8. The van der Waals surface area contributed by atoms with Crippen molar-refractivity contribution in [2.45, 2.75) is 79.1 Å². The molecule has 576 valence electrons. The van der Waals surface area contributed by atoms with Crippen LogP contribution in [0.1, 0.15) is 62.3 Å². The van der Waals surface area contributed by atoms with Gasteiger partial charge >= 0.3 is 73.2 Å². The molecule has 0 radical (unpaired) electrons. The molecule has 33 nitrogen and oxygen atoms in total. The Hall–Kier alpha value is -0.581. The van der Waals surface area contributed by atoms with Gasteiger partial charge in [0.25, 0.3) is 0 Å². The molecule has 0 aliphatic carbocycles. The third-order valence-electron chi connectivity index (χ3n) is 7.97. The normalized spacial score (nSPS) is 10.2. The Labute approximate surface area is 604 Å². The second-order valence-corrected chi connectivity index (χ2v) is 20.5. The average Bonchev–Trinajstić information content (AvgIpc) is 1.23. The monoisotopic (exact) mass is 1480 g/mol. The highest BCUT2D eigenvalue weighted by molar-refractivity contribution is 6.39. The molecule has 6 N–H and O–H groups in total. The van der Waals surface area contributed by atoms with E-state index in [2.05, 4.69) is 104 Å². The topological polar surface area (TPSA) is 355 Å². The zero-order chi connectivity index (χ0) is 77.2. The lowest BCUT2D eigenvalue weighted by molar-refractivity contribution is -0.0503. The maximum atomic E-state index is 5.75. The summed E-state index contributed by atoms with van der Waals surface area (Å²) in [5, 5.41) is 0. The molecule has 97 heavy (non-hydrogen) atoms. The Morgan fingerprint density at radius 3 is 0.495 bits per heavy atom. The fourth-order valence-electron chi connectivity index (χ4n) is 4.46. The molecular weight excluding hydrogens is 1350 g/mol. The van der Waals surface area contributed by atoms with Crippen molar-refractivity contribution in [3.8, 4) is 0 Å². The second kappa shape index (κ2) is 93.4. The minimum Gasteiger partial charge on any atom is -0.389 e. The summed E-state index contributed by atoms with van der Waals surface area (Å²) < 4.78 is 146. The maximum absolute atomic E-state index is 5.75. The molecular formula is C51H126B10Cl3N3O30. The molecule has 0 aliphatic heterocycles. The first-order chi connectivity index (χ1) is 45.9. The van der Waals surface area contributed by atoms with Crippen LogP contribution in [0.2, 0.25) is 0 Å². The number of rotatable bonds is 48. The summed E-state index contributed by atoms with van der Waals surface area (Å²) in [6, 6.07) is 0. The number of hydrogen-bond acceptors (Lipinski definition) is 33. The van der Waals surface area contributed by atoms with E-state index in [4.69, 9.17) is 108 Å². The first-order valence-corrected chi connectivity index (χ1v) is 31.2. The van der Waals surface area contributed by atoms with Gasteiger partial charge in [-0.1, -0.05) is 18.2 Å². The van der Waals surface area contributed by atoms with Gasteiger partial charge < -0.3 is 157 Å². The Bertz CT molecular complexity index is 1210. The summed E-state index contributed by atoms with van der Waals surface area (Å²) in [7, 11) is 21.4. The van der Waals surface area contributed by atoms with E-state index in [1.807, 2.05) is 62.3 Å². The standard InChI is InChI=1S/C12H27BO3.C9H15BO3.C6H12BCl3O3.C6H18BN3O3.6C3H9BO3/c1-10(2,3)14-13(15-11(4,5)6)16-12(7,8)9;1-4-7-11-10(12-8-5-2)13-9-6-3;2*8-1-4-11-7(12-5-2-9)13-6-3-10;6*1-5-4(6-2)7-3/h1-9H3;4-6H,1-3,7-9H2;1-6H2;1-6,8-10H2;6*1-3H3. The van der Waals surface area contributed by atoms with Crippen molar-refractivity contribution in [2.24, 2.45) is 17.2 Å². The minimum atomic E-state index is -0.712. The third kappa shape index (κ3) is 112. The van der Waals surface area contributed by atoms with Crippen LogP contribution in [0, 0.1) is 0 Å². The van der Waals surface area contributed by atoms with Crippen LogP contribution >= 0.6 is 34.8 Å². The highest BCUT2D eigenvalue weighted by atomic mass is 35.5. The van der Waals surface area contributed by atoms with Crippen LogP contribution in [-0.4, -0.2) is 315 Å². The largest absolute Gasteiger partial charge is 0.640 e. The summed E-state index contributed by atoms with van der Waals surface area (Å²) in [5.74, 6) is 1.18. The highest BCUT2D eigenvalue weighted by Crippen LogP contribution is 2.20. The van der Waals surface area contributed by atoms with Gasteiger partial charge in [-0.05, 0) is 62.3 Å². The summed E-state index contributed by atoms with van der Waals surface area (Å²) in [5.41, 5.74) is 14.9. The molecule has 0 aromatic rings. The van der Waals surface area contributed by atoms with Crippen molar-refractivity contribution in [1.82, 2.24) is 0 Å². The Morgan fingerprint density at radius 2 is 0.392 bits per heavy atom. The zero-order valence-corrected chi connectivity index (χ0v) is 66.1. The van der Waals surface area contributed by atoms with Crippen molar-refractivity contribution >= 4 is 108 Å². The molecule has 0 saturated heterocycles. The van der Waals surface area contributed by atoms with Gasteiger partial charge in [-0.25, -0.2) is 0 Å². The van der Waals surface area contributed by atoms with Crippen LogP contribution in [0.25, 0.3) is 0 Å². The molecule has 0 spiro atoms. The van der Waals surface area contributed by atoms with Crippen molar-refractivity contribution in [3.05, 3.63) is 38.0 Å². The Kier molecular flexibility index (Phi) is 113. The summed E-state index contributed by atoms with van der Waals surface area (Å²) in [4.78, 5) is 0. The predicted octanol–water partition coefficient (Wildman–Crippen LogP) is 4.09. The van der Waals surface area contributed by atoms with E-state index >= 15 is 0 Å². The summed E-state index contributed by atoms with van der Waals surface area (Å²) >= 11 is 16.3. The van der Waals surface area contributed by atoms with Gasteiger partial charge in [-0.3, -0.25) is 0 Å². The van der Waals surface area contributed by atoms with Crippen LogP contribution in [0.3, 0.4) is 0 Å². The highest BCUT2D eigenvalue weighted by Gasteiger charge is 2.36. The molecule has 0 heterocycles. The van der Waals surface area contributed by atoms with E-state index < -0.39 is 73.2 Å². The number of halogens is 3. The first kappa shape index (κ1) is 118. The van der Waals surface area contributed by atoms with Gasteiger partial charge in [0, 0.05) is 222 Å². The van der Waals surface area contributed by atoms with Gasteiger partial charge in [-0.15, -0.1) is 54.5 Å². The van der Waals surface area contributed by atoms with Crippen molar-refractivity contribution < 1.29 is 140 Å². The molecule has 0 amide bonds. The fraction of sp³-hybridized carbons (Fsp3) is 0.882. The Morgan fingerprint density at radius 1 is 0.247 bits per heavy atom. The van der Waals surface area contributed by atoms with E-state index in [0.717, 1.165) is 0 Å². The number of nitrogens with two attached hydrogens (primary N) is 3. The number of alkyl halides is 3. The lowest BCUT2D eigenvalue weighted by Crippen LogP contribution is -2.44. The molecule has 0 saturated carbocycles. The molecule has 0 aromatic carbocycles. The van der Waals surface area contributed by atoms with Gasteiger partial charge in [0.15, 0.2) is 0 Å². The van der Waals surface area contributed by atoms with Crippen LogP contribution < -0.4 is 17.2 Å². The van der Waals surface area contributed by atoms with E-state index in [1.165, 1.54) is 128 Å². The minimum absolute atomic E-state index is 0.291. The van der Waals surface area contributed by atoms with Gasteiger partial charge in [0.05, 0.1) is 19.8 Å². The summed E-state index contributed by atoms with van der Waals surface area (Å²) in [6.07, 6.45) is 4.88. The van der Waals surface area contributed by atoms with E-state index in [9.17, 15) is 0 Å². The molecule has 0 aliphatic rings. The first-order valence-electron chi connectivity index (χ1n) is 29.6. The molecule has 46 heteroatoms. The van der Waals surface area contributed by atoms with Gasteiger partial charge in [-0.2, -0.15) is 0 Å². The molecule has 0 bridgehead atoms. The molecule has 0 rings (SSSR count). The van der Waals surface area contributed by atoms with Crippen molar-refractivity contribution in [1.29, 1.82) is 0 Å². The van der Waals surface area contributed by atoms with Crippen LogP contribution in [0.15, 0.2) is 38.0 Å². The average molecular weight is 1480 g/mol. The molecule has 0 unspecified atom stereocenters. The molecule has 0 atom stereocenters. The fourth-order valence-corrected chi connectivity index (χ4v) is 4.73. The predicted molar refractivity (Wildman–Crippen MR) is 390 cm³/mol. The smallest absolute Gasteiger partial charge is 0.389 e. The van der Waals surface area contributed by atoms with Crippen LogP contribution in [0.5, 0.6) is 0 Å². The second-order valence-electron chi connectivity index (χ2n) is 19.3. The van der Waals surface area contributed by atoms with Gasteiger partial charge in [0.1, 0.15) is 0 Å². The molecule has 0 fully saturated rings. The lowest BCUT2D eigenvalue weighted by atomic mass is 10.0. The van der Waals surface area contributed by atoms with E-state index in [0.29, 0.717) is 96.7 Å². The van der Waals surface area contributed by atoms with Crippen LogP contribution in [0.4, 0.5) is 0 Å². The van der Waals surface area contributed by atoms with E-state index in [1.54, 1.807) is 18.2 Å². The third-order valence-corrected chi connectivity index (χ3v) is 8.44. The molecule has 0 aromatic heterocycles. The van der Waals surface area contributed by atoms with Crippen LogP contribution in [-0.2, 0) is 140 Å². The van der Waals surface area contributed by atoms with E-state index in [-0.39, 0.29) is 16.8 Å². The maximum Gasteiger partial charge on any atom is 0.640 e. The SMILES string of the molecule is C=CCOB(OCC=C)OCC=C.CC(C)(C)OB(OC(C)(C)C)OC(C)(C)C.COB(OC)OC.COB(OC)OC.COB(OC)OC.COB(OC)OC.COB(OC)OC.COB(OC)OC.ClCCOB(OCCCl)OCCCl.NCCOB(OCCN)OCCN. The lowest BCUT2D eigenvalue weighted by Gasteiger charge is -2.33. The summed E-state index contributed by atoms with van der Waals surface area (Å²) in [6.45, 7) is 33.1.